The molecule has 3 nitrogen and oxygen atoms in total. The molecular formula is C15H28N2O. The topological polar surface area (TPSA) is 32.3 Å². The van der Waals surface area contributed by atoms with Gasteiger partial charge >= 0.3 is 0 Å². The lowest BCUT2D eigenvalue weighted by atomic mass is 10.2. The van der Waals surface area contributed by atoms with Crippen molar-refractivity contribution in [2.24, 2.45) is 0 Å². The van der Waals surface area contributed by atoms with Gasteiger partial charge in [-0.1, -0.05) is 25.2 Å². The molecule has 104 valence electrons. The predicted molar refractivity (Wildman–Crippen MR) is 77.3 cm³/mol. The number of carbonyl (C=O) groups excluding carboxylic acids is 1. The average molecular weight is 252 g/mol. The third kappa shape index (κ3) is 8.14. The molecule has 0 bridgehead atoms. The summed E-state index contributed by atoms with van der Waals surface area (Å²) in [6, 6.07) is 0.997. The molecule has 0 aliphatic heterocycles. The largest absolute Gasteiger partial charge is 0.345 e. The zero-order valence-electron chi connectivity index (χ0n) is 12.5. The molecule has 0 radical (unpaired) electrons. The number of carbonyl (C=O) groups is 1. The third-order valence-electron chi connectivity index (χ3n) is 2.84. The molecule has 0 aliphatic rings. The quantitative estimate of drug-likeness (QED) is 0.706. The molecule has 0 aliphatic carbocycles. The van der Waals surface area contributed by atoms with Crippen molar-refractivity contribution in [2.45, 2.75) is 66.0 Å². The van der Waals surface area contributed by atoms with Gasteiger partial charge in [0.2, 0.25) is 5.91 Å². The van der Waals surface area contributed by atoms with E-state index in [4.69, 9.17) is 0 Å². The van der Waals surface area contributed by atoms with Crippen LogP contribution in [0.15, 0.2) is 0 Å². The Hall–Kier alpha value is -1.01. The summed E-state index contributed by atoms with van der Waals surface area (Å²) < 4.78 is 0. The van der Waals surface area contributed by atoms with Crippen molar-refractivity contribution >= 4 is 5.91 Å². The first-order valence-corrected chi connectivity index (χ1v) is 6.97. The number of amides is 1. The molecule has 0 saturated carbocycles. The molecule has 1 N–H and O–H groups in total. The van der Waals surface area contributed by atoms with Gasteiger partial charge in [0, 0.05) is 18.5 Å². The van der Waals surface area contributed by atoms with E-state index in [-0.39, 0.29) is 5.91 Å². The number of unbranched alkanes of at least 4 members (excludes halogenated alkanes) is 1. The van der Waals surface area contributed by atoms with Crippen LogP contribution >= 0.6 is 0 Å². The summed E-state index contributed by atoms with van der Waals surface area (Å²) in [4.78, 5) is 13.7. The Bertz CT molecular complexity index is 279. The van der Waals surface area contributed by atoms with E-state index in [0.717, 1.165) is 19.4 Å². The third-order valence-corrected chi connectivity index (χ3v) is 2.84. The maximum Gasteiger partial charge on any atom is 0.220 e. The van der Waals surface area contributed by atoms with Crippen LogP contribution < -0.4 is 5.32 Å². The number of hydrogen-bond acceptors (Lipinski definition) is 2. The van der Waals surface area contributed by atoms with Crippen LogP contribution in [0.25, 0.3) is 0 Å². The molecule has 0 aromatic carbocycles. The lowest BCUT2D eigenvalue weighted by molar-refractivity contribution is -0.120. The molecule has 3 heteroatoms. The van der Waals surface area contributed by atoms with Gasteiger partial charge in [-0.2, -0.15) is 0 Å². The van der Waals surface area contributed by atoms with E-state index in [1.807, 2.05) is 0 Å². The monoisotopic (exact) mass is 252 g/mol. The van der Waals surface area contributed by atoms with Crippen LogP contribution in [-0.4, -0.2) is 36.0 Å². The maximum absolute atomic E-state index is 11.3. The van der Waals surface area contributed by atoms with E-state index in [1.54, 1.807) is 0 Å². The molecule has 18 heavy (non-hydrogen) atoms. The highest BCUT2D eigenvalue weighted by Gasteiger charge is 2.10. The fourth-order valence-corrected chi connectivity index (χ4v) is 1.74. The Labute approximate surface area is 112 Å². The van der Waals surface area contributed by atoms with Gasteiger partial charge in [0.05, 0.1) is 13.1 Å². The lowest BCUT2D eigenvalue weighted by Gasteiger charge is -2.28. The second kappa shape index (κ2) is 9.96. The van der Waals surface area contributed by atoms with Gasteiger partial charge in [0.1, 0.15) is 0 Å². The molecule has 0 saturated heterocycles. The van der Waals surface area contributed by atoms with Crippen LogP contribution in [0.1, 0.15) is 53.9 Å². The Morgan fingerprint density at radius 2 is 1.78 bits per heavy atom. The number of rotatable bonds is 7. The Morgan fingerprint density at radius 3 is 2.28 bits per heavy atom. The van der Waals surface area contributed by atoms with Gasteiger partial charge in [-0.25, -0.2) is 0 Å². The molecule has 1 amide bonds. The Balaban J connectivity index is 3.87. The van der Waals surface area contributed by atoms with Gasteiger partial charge < -0.3 is 5.32 Å². The minimum absolute atomic E-state index is 0.107. The summed E-state index contributed by atoms with van der Waals surface area (Å²) in [5.74, 6) is 6.24. The highest BCUT2D eigenvalue weighted by molar-refractivity contribution is 5.76. The number of nitrogens with one attached hydrogen (secondary N) is 1. The molecule has 0 heterocycles. The average Bonchev–Trinajstić information content (AvgIpc) is 2.29. The first-order valence-electron chi connectivity index (χ1n) is 6.97. The standard InChI is InChI=1S/C15H28N2O/c1-6-7-10-15(18)16-11-8-9-12-17(13(2)3)14(4)5/h13-14H,6-7,10-12H2,1-5H3,(H,16,18). The lowest BCUT2D eigenvalue weighted by Crippen LogP contribution is -2.37. The van der Waals surface area contributed by atoms with E-state index in [0.29, 0.717) is 25.0 Å². The van der Waals surface area contributed by atoms with Crippen LogP contribution in [0.3, 0.4) is 0 Å². The maximum atomic E-state index is 11.3. The van der Waals surface area contributed by atoms with Crippen LogP contribution in [0, 0.1) is 11.8 Å². The van der Waals surface area contributed by atoms with Crippen molar-refractivity contribution in [1.82, 2.24) is 10.2 Å². The van der Waals surface area contributed by atoms with Crippen molar-refractivity contribution in [3.63, 3.8) is 0 Å². The van der Waals surface area contributed by atoms with Crippen molar-refractivity contribution in [2.75, 3.05) is 13.1 Å². The molecule has 0 spiro atoms. The Kier molecular flexibility index (Phi) is 9.40. The Morgan fingerprint density at radius 1 is 1.17 bits per heavy atom. The molecule has 0 aromatic rings. The summed E-state index contributed by atoms with van der Waals surface area (Å²) in [6.07, 6.45) is 2.62. The van der Waals surface area contributed by atoms with E-state index >= 15 is 0 Å². The van der Waals surface area contributed by atoms with Gasteiger partial charge in [0.15, 0.2) is 0 Å². The van der Waals surface area contributed by atoms with Crippen molar-refractivity contribution < 1.29 is 4.79 Å². The normalized spacial score (nSPS) is 10.7. The summed E-state index contributed by atoms with van der Waals surface area (Å²) in [5.41, 5.74) is 0. The predicted octanol–water partition coefficient (Wildman–Crippen LogP) is 2.42. The van der Waals surface area contributed by atoms with E-state index in [9.17, 15) is 4.79 Å². The first-order chi connectivity index (χ1) is 8.49. The summed E-state index contributed by atoms with van der Waals surface area (Å²) >= 11 is 0. The second-order valence-corrected chi connectivity index (χ2v) is 5.09. The van der Waals surface area contributed by atoms with Crippen molar-refractivity contribution in [3.05, 3.63) is 0 Å². The fraction of sp³-hybridized carbons (Fsp3) is 0.800. The fourth-order valence-electron chi connectivity index (χ4n) is 1.74. The molecule has 0 unspecified atom stereocenters. The van der Waals surface area contributed by atoms with E-state index in [2.05, 4.69) is 56.7 Å². The number of nitrogens with zero attached hydrogens (tertiary/aromatic N) is 1. The highest BCUT2D eigenvalue weighted by atomic mass is 16.1. The smallest absolute Gasteiger partial charge is 0.220 e. The van der Waals surface area contributed by atoms with Gasteiger partial charge in [-0.15, -0.1) is 0 Å². The van der Waals surface area contributed by atoms with Gasteiger partial charge in [0.25, 0.3) is 0 Å². The zero-order valence-corrected chi connectivity index (χ0v) is 12.5. The van der Waals surface area contributed by atoms with Crippen molar-refractivity contribution in [3.8, 4) is 11.8 Å². The summed E-state index contributed by atoms with van der Waals surface area (Å²) in [6.45, 7) is 12.0. The van der Waals surface area contributed by atoms with Crippen LogP contribution in [0.4, 0.5) is 0 Å². The van der Waals surface area contributed by atoms with E-state index < -0.39 is 0 Å². The minimum Gasteiger partial charge on any atom is -0.345 e. The summed E-state index contributed by atoms with van der Waals surface area (Å²) in [7, 11) is 0. The molecule has 0 aromatic heterocycles. The first kappa shape index (κ1) is 17.0. The van der Waals surface area contributed by atoms with Crippen LogP contribution in [0.5, 0.6) is 0 Å². The molecule has 0 atom stereocenters. The van der Waals surface area contributed by atoms with Gasteiger partial charge in [-0.05, 0) is 34.1 Å². The van der Waals surface area contributed by atoms with Crippen molar-refractivity contribution in [1.29, 1.82) is 0 Å². The molecular weight excluding hydrogens is 224 g/mol. The number of hydrogen-bond donors (Lipinski definition) is 1. The van der Waals surface area contributed by atoms with Crippen LogP contribution in [-0.2, 0) is 4.79 Å². The SMILES string of the molecule is CCCCC(=O)NCC#CCN(C(C)C)C(C)C. The van der Waals surface area contributed by atoms with Crippen LogP contribution in [0.2, 0.25) is 0 Å². The highest BCUT2D eigenvalue weighted by Crippen LogP contribution is 2.02. The van der Waals surface area contributed by atoms with Gasteiger partial charge in [-0.3, -0.25) is 9.69 Å². The molecule has 0 fully saturated rings. The summed E-state index contributed by atoms with van der Waals surface area (Å²) in [5, 5.41) is 2.82. The zero-order chi connectivity index (χ0) is 14.0. The van der Waals surface area contributed by atoms with E-state index in [1.165, 1.54) is 0 Å². The molecule has 0 rings (SSSR count). The minimum atomic E-state index is 0.107. The second-order valence-electron chi connectivity index (χ2n) is 5.09.